The molecular formula is C17H12Cl2N2O2S. The van der Waals surface area contributed by atoms with Crippen LogP contribution in [0, 0.1) is 0 Å². The zero-order chi connectivity index (χ0) is 17.1. The number of carbonyl (C=O) groups excluding carboxylic acids is 1. The average molecular weight is 379 g/mol. The van der Waals surface area contributed by atoms with Gasteiger partial charge in [0.15, 0.2) is 5.17 Å². The third-order valence-corrected chi connectivity index (χ3v) is 4.64. The van der Waals surface area contributed by atoms with Crippen LogP contribution in [-0.2, 0) is 11.4 Å². The van der Waals surface area contributed by atoms with Crippen LogP contribution in [0.1, 0.15) is 11.1 Å². The zero-order valence-electron chi connectivity index (χ0n) is 12.3. The number of hydrogen-bond donors (Lipinski definition) is 1. The third kappa shape index (κ3) is 3.93. The maximum Gasteiger partial charge on any atom is 0.286 e. The van der Waals surface area contributed by atoms with Gasteiger partial charge in [-0.1, -0.05) is 47.5 Å². The molecule has 0 radical (unpaired) electrons. The first-order valence-electron chi connectivity index (χ1n) is 6.97. The van der Waals surface area contributed by atoms with Gasteiger partial charge in [-0.2, -0.15) is 4.99 Å². The Bertz CT molecular complexity index is 865. The number of para-hydroxylation sites is 1. The summed E-state index contributed by atoms with van der Waals surface area (Å²) in [4.78, 5) is 15.9. The van der Waals surface area contributed by atoms with Gasteiger partial charge in [-0.05, 0) is 36.0 Å². The molecule has 3 rings (SSSR count). The summed E-state index contributed by atoms with van der Waals surface area (Å²) in [5, 5.41) is 1.36. The molecular weight excluding hydrogens is 367 g/mol. The number of ether oxygens (including phenoxy) is 1. The molecule has 4 nitrogen and oxygen atoms in total. The van der Waals surface area contributed by atoms with E-state index in [1.165, 1.54) is 0 Å². The lowest BCUT2D eigenvalue weighted by molar-refractivity contribution is -0.113. The highest BCUT2D eigenvalue weighted by atomic mass is 35.5. The molecule has 2 aromatic carbocycles. The van der Waals surface area contributed by atoms with Crippen molar-refractivity contribution in [3.8, 4) is 5.75 Å². The molecule has 1 heterocycles. The minimum Gasteiger partial charge on any atom is -0.488 e. The van der Waals surface area contributed by atoms with Crippen molar-refractivity contribution < 1.29 is 9.53 Å². The van der Waals surface area contributed by atoms with Gasteiger partial charge in [0, 0.05) is 21.2 Å². The minimum absolute atomic E-state index is 0.248. The molecule has 0 spiro atoms. The molecule has 0 saturated heterocycles. The number of hydrogen-bond acceptors (Lipinski definition) is 4. The van der Waals surface area contributed by atoms with E-state index < -0.39 is 0 Å². The first-order valence-corrected chi connectivity index (χ1v) is 8.54. The van der Waals surface area contributed by atoms with E-state index in [1.54, 1.807) is 18.2 Å². The molecule has 0 atom stereocenters. The van der Waals surface area contributed by atoms with E-state index in [0.29, 0.717) is 20.7 Å². The highest BCUT2D eigenvalue weighted by Crippen LogP contribution is 2.30. The number of aliphatic imine (C=N–C) groups is 1. The molecule has 7 heteroatoms. The summed E-state index contributed by atoms with van der Waals surface area (Å²) >= 11 is 13.2. The lowest BCUT2D eigenvalue weighted by Crippen LogP contribution is -2.01. The monoisotopic (exact) mass is 378 g/mol. The van der Waals surface area contributed by atoms with Crippen LogP contribution in [0.3, 0.4) is 0 Å². The van der Waals surface area contributed by atoms with Crippen molar-refractivity contribution in [1.29, 1.82) is 0 Å². The third-order valence-electron chi connectivity index (χ3n) is 3.24. The average Bonchev–Trinajstić information content (AvgIpc) is 2.85. The Balaban J connectivity index is 1.80. The number of amidine groups is 1. The largest absolute Gasteiger partial charge is 0.488 e. The second-order valence-corrected chi connectivity index (χ2v) is 6.83. The summed E-state index contributed by atoms with van der Waals surface area (Å²) in [6.07, 6.45) is 1.72. The van der Waals surface area contributed by atoms with Crippen molar-refractivity contribution in [1.82, 2.24) is 0 Å². The van der Waals surface area contributed by atoms with Crippen LogP contribution in [0.5, 0.6) is 5.75 Å². The normalized spacial score (nSPS) is 15.7. The van der Waals surface area contributed by atoms with E-state index in [9.17, 15) is 4.79 Å². The van der Waals surface area contributed by atoms with E-state index in [4.69, 9.17) is 33.7 Å². The van der Waals surface area contributed by atoms with E-state index in [2.05, 4.69) is 4.99 Å². The van der Waals surface area contributed by atoms with Gasteiger partial charge in [-0.25, -0.2) is 0 Å². The number of halogens is 2. The number of carbonyl (C=O) groups is 1. The molecule has 1 aliphatic heterocycles. The number of rotatable bonds is 4. The fraction of sp³-hybridized carbons (Fsp3) is 0.0588. The fourth-order valence-corrected chi connectivity index (χ4v) is 3.23. The van der Waals surface area contributed by atoms with Gasteiger partial charge >= 0.3 is 0 Å². The molecule has 0 fully saturated rings. The quantitative estimate of drug-likeness (QED) is 0.795. The van der Waals surface area contributed by atoms with Crippen LogP contribution in [-0.4, -0.2) is 11.1 Å². The van der Waals surface area contributed by atoms with Crippen molar-refractivity contribution in [3.63, 3.8) is 0 Å². The summed E-state index contributed by atoms with van der Waals surface area (Å²) in [7, 11) is 0. The molecule has 0 unspecified atom stereocenters. The second kappa shape index (κ2) is 7.30. The Hall–Kier alpha value is -1.95. The lowest BCUT2D eigenvalue weighted by atomic mass is 10.2. The van der Waals surface area contributed by atoms with E-state index >= 15 is 0 Å². The van der Waals surface area contributed by atoms with Crippen molar-refractivity contribution in [2.45, 2.75) is 6.61 Å². The van der Waals surface area contributed by atoms with Crippen LogP contribution in [0.2, 0.25) is 10.0 Å². The molecule has 0 saturated carbocycles. The van der Waals surface area contributed by atoms with Crippen LogP contribution < -0.4 is 10.5 Å². The van der Waals surface area contributed by atoms with Gasteiger partial charge in [0.1, 0.15) is 12.4 Å². The van der Waals surface area contributed by atoms with Gasteiger partial charge in [-0.3, -0.25) is 4.79 Å². The first kappa shape index (κ1) is 16.9. The minimum atomic E-state index is -0.340. The van der Waals surface area contributed by atoms with Crippen molar-refractivity contribution in [2.75, 3.05) is 0 Å². The van der Waals surface area contributed by atoms with Crippen LogP contribution >= 0.6 is 35.0 Å². The van der Waals surface area contributed by atoms with E-state index in [0.717, 1.165) is 22.9 Å². The predicted octanol–water partition coefficient (Wildman–Crippen LogP) is 4.50. The molecule has 0 bridgehead atoms. The summed E-state index contributed by atoms with van der Waals surface area (Å²) in [6, 6.07) is 12.6. The van der Waals surface area contributed by atoms with E-state index in [1.807, 2.05) is 30.3 Å². The summed E-state index contributed by atoms with van der Waals surface area (Å²) < 4.78 is 5.85. The molecule has 1 aliphatic rings. The van der Waals surface area contributed by atoms with Gasteiger partial charge in [-0.15, -0.1) is 0 Å². The maximum absolute atomic E-state index is 11.7. The van der Waals surface area contributed by atoms with Gasteiger partial charge in [0.05, 0.1) is 4.91 Å². The topological polar surface area (TPSA) is 64.7 Å². The number of benzene rings is 2. The van der Waals surface area contributed by atoms with Crippen molar-refractivity contribution >= 4 is 52.1 Å². The maximum atomic E-state index is 11.7. The molecule has 0 aliphatic carbocycles. The highest BCUT2D eigenvalue weighted by Gasteiger charge is 2.20. The number of amides is 1. The molecule has 2 aromatic rings. The standard InChI is InChI=1S/C17H12Cl2N2O2S/c18-12-6-5-11(13(19)8-12)9-23-14-4-2-1-3-10(14)7-15-16(22)21-17(20)24-15/h1-8H,9H2,(H2,20,21,22)/b15-7-. The molecule has 1 amide bonds. The lowest BCUT2D eigenvalue weighted by Gasteiger charge is -2.11. The van der Waals surface area contributed by atoms with Crippen molar-refractivity contribution in [3.05, 3.63) is 68.5 Å². The number of thioether (sulfide) groups is 1. The Morgan fingerprint density at radius 2 is 2.00 bits per heavy atom. The van der Waals surface area contributed by atoms with Gasteiger partial charge in [0.2, 0.25) is 0 Å². The zero-order valence-corrected chi connectivity index (χ0v) is 14.7. The first-order chi connectivity index (χ1) is 11.5. The van der Waals surface area contributed by atoms with Gasteiger partial charge < -0.3 is 10.5 Å². The molecule has 2 N–H and O–H groups in total. The van der Waals surface area contributed by atoms with Crippen LogP contribution in [0.25, 0.3) is 6.08 Å². The molecule has 122 valence electrons. The smallest absolute Gasteiger partial charge is 0.286 e. The number of nitrogens with two attached hydrogens (primary N) is 1. The fourth-order valence-electron chi connectivity index (χ4n) is 2.09. The molecule has 24 heavy (non-hydrogen) atoms. The van der Waals surface area contributed by atoms with Crippen LogP contribution in [0.15, 0.2) is 52.4 Å². The summed E-state index contributed by atoms with van der Waals surface area (Å²) in [5.74, 6) is 0.294. The highest BCUT2D eigenvalue weighted by molar-refractivity contribution is 8.18. The molecule has 0 aromatic heterocycles. The summed E-state index contributed by atoms with van der Waals surface area (Å²) in [6.45, 7) is 0.288. The van der Waals surface area contributed by atoms with E-state index in [-0.39, 0.29) is 17.7 Å². The Morgan fingerprint density at radius 3 is 2.71 bits per heavy atom. The second-order valence-electron chi connectivity index (χ2n) is 4.93. The van der Waals surface area contributed by atoms with Crippen molar-refractivity contribution in [2.24, 2.45) is 10.7 Å². The number of nitrogens with zero attached hydrogens (tertiary/aromatic N) is 1. The Labute approximate surface area is 153 Å². The summed E-state index contributed by atoms with van der Waals surface area (Å²) in [5.41, 5.74) is 7.15. The Kier molecular flexibility index (Phi) is 5.14. The van der Waals surface area contributed by atoms with Gasteiger partial charge in [0.25, 0.3) is 5.91 Å². The SMILES string of the molecule is NC1=NC(=O)/C(=C/c2ccccc2OCc2ccc(Cl)cc2Cl)S1. The Morgan fingerprint density at radius 1 is 1.21 bits per heavy atom. The predicted molar refractivity (Wildman–Crippen MR) is 99.4 cm³/mol. The van der Waals surface area contributed by atoms with Crippen LogP contribution in [0.4, 0.5) is 0 Å².